The maximum Gasteiger partial charge on any atom is 0.417 e. The van der Waals surface area contributed by atoms with Crippen molar-refractivity contribution in [3.8, 4) is 0 Å². The van der Waals surface area contributed by atoms with Crippen LogP contribution in [0.4, 0.5) is 13.2 Å². The third-order valence-corrected chi connectivity index (χ3v) is 4.18. The molecule has 28 heavy (non-hydrogen) atoms. The molecule has 0 saturated heterocycles. The highest BCUT2D eigenvalue weighted by Gasteiger charge is 2.34. The van der Waals surface area contributed by atoms with Crippen molar-refractivity contribution in [2.24, 2.45) is 0 Å². The van der Waals surface area contributed by atoms with Crippen molar-refractivity contribution in [1.29, 1.82) is 0 Å². The van der Waals surface area contributed by atoms with Gasteiger partial charge < -0.3 is 5.32 Å². The summed E-state index contributed by atoms with van der Waals surface area (Å²) in [6.45, 7) is 2.14. The first-order valence-electron chi connectivity index (χ1n) is 8.73. The Morgan fingerprint density at radius 1 is 1.11 bits per heavy atom. The van der Waals surface area contributed by atoms with E-state index in [2.05, 4.69) is 20.5 Å². The molecule has 0 aliphatic heterocycles. The van der Waals surface area contributed by atoms with Gasteiger partial charge in [0.2, 0.25) is 0 Å². The number of nitrogens with one attached hydrogen (secondary N) is 2. The zero-order valence-corrected chi connectivity index (χ0v) is 15.2. The maximum atomic E-state index is 13.0. The van der Waals surface area contributed by atoms with E-state index in [1.165, 1.54) is 17.7 Å². The third-order valence-electron chi connectivity index (χ3n) is 4.18. The van der Waals surface area contributed by atoms with Gasteiger partial charge in [0.25, 0.3) is 5.91 Å². The van der Waals surface area contributed by atoms with Gasteiger partial charge in [0.05, 0.1) is 11.1 Å². The zero-order chi connectivity index (χ0) is 20.1. The second-order valence-corrected chi connectivity index (χ2v) is 6.41. The molecule has 0 unspecified atom stereocenters. The van der Waals surface area contributed by atoms with E-state index in [0.717, 1.165) is 17.7 Å². The maximum absolute atomic E-state index is 13.0. The number of aryl methyl sites for hydroxylation is 1. The molecule has 0 fully saturated rings. The summed E-state index contributed by atoms with van der Waals surface area (Å²) >= 11 is 0. The largest absolute Gasteiger partial charge is 0.417 e. The van der Waals surface area contributed by atoms with Gasteiger partial charge in [0.15, 0.2) is 5.82 Å². The van der Waals surface area contributed by atoms with Gasteiger partial charge in [-0.1, -0.05) is 42.0 Å². The molecule has 0 saturated carbocycles. The number of hydrogen-bond donors (Lipinski definition) is 2. The monoisotopic (exact) mass is 388 g/mol. The smallest absolute Gasteiger partial charge is 0.352 e. The van der Waals surface area contributed by atoms with Crippen molar-refractivity contribution in [1.82, 2.24) is 20.5 Å². The van der Waals surface area contributed by atoms with Crippen LogP contribution in [0.15, 0.2) is 48.5 Å². The lowest BCUT2D eigenvalue weighted by Gasteiger charge is -2.12. The fraction of sp³-hybridized carbons (Fsp3) is 0.250. The summed E-state index contributed by atoms with van der Waals surface area (Å²) < 4.78 is 39.0. The standard InChI is InChI=1S/C20H19F3N4O/c1-13-6-8-14(9-7-13)12-18-25-17(26-27-18)10-11-24-19(28)15-4-2-3-5-16(15)20(21,22)23/h2-9H,10-12H2,1H3,(H,24,28)(H,25,26,27). The summed E-state index contributed by atoms with van der Waals surface area (Å²) in [5.41, 5.74) is 0.908. The minimum absolute atomic E-state index is 0.132. The van der Waals surface area contributed by atoms with Crippen LogP contribution >= 0.6 is 0 Å². The van der Waals surface area contributed by atoms with E-state index < -0.39 is 23.2 Å². The Hall–Kier alpha value is -3.16. The molecule has 0 atom stereocenters. The molecule has 2 aromatic carbocycles. The van der Waals surface area contributed by atoms with E-state index in [4.69, 9.17) is 0 Å². The van der Waals surface area contributed by atoms with Crippen LogP contribution in [0.5, 0.6) is 0 Å². The first kappa shape index (κ1) is 19.6. The number of aromatic nitrogens is 3. The molecule has 1 amide bonds. The van der Waals surface area contributed by atoms with Crippen LogP contribution in [0, 0.1) is 6.92 Å². The Labute approximate surface area is 160 Å². The lowest BCUT2D eigenvalue weighted by Crippen LogP contribution is -2.28. The van der Waals surface area contributed by atoms with Crippen LogP contribution < -0.4 is 5.32 Å². The van der Waals surface area contributed by atoms with E-state index in [1.807, 2.05) is 31.2 Å². The highest BCUT2D eigenvalue weighted by atomic mass is 19.4. The number of alkyl halides is 3. The van der Waals surface area contributed by atoms with Gasteiger partial charge >= 0.3 is 6.18 Å². The van der Waals surface area contributed by atoms with Crippen molar-refractivity contribution in [2.75, 3.05) is 6.54 Å². The average Bonchev–Trinajstić information content (AvgIpc) is 3.10. The Morgan fingerprint density at radius 2 is 1.82 bits per heavy atom. The van der Waals surface area contributed by atoms with Gasteiger partial charge in [-0.05, 0) is 24.6 Å². The molecule has 2 N–H and O–H groups in total. The second kappa shape index (κ2) is 8.24. The quantitative estimate of drug-likeness (QED) is 0.677. The van der Waals surface area contributed by atoms with Crippen LogP contribution in [0.25, 0.3) is 0 Å². The summed E-state index contributed by atoms with van der Waals surface area (Å²) in [6.07, 6.45) is -3.68. The second-order valence-electron chi connectivity index (χ2n) is 6.41. The van der Waals surface area contributed by atoms with Crippen molar-refractivity contribution in [2.45, 2.75) is 25.9 Å². The fourth-order valence-corrected chi connectivity index (χ4v) is 2.74. The van der Waals surface area contributed by atoms with Crippen molar-refractivity contribution in [3.63, 3.8) is 0 Å². The van der Waals surface area contributed by atoms with Crippen LogP contribution in [0.1, 0.15) is 38.7 Å². The highest BCUT2D eigenvalue weighted by molar-refractivity contribution is 5.95. The molecule has 0 spiro atoms. The molecule has 1 aromatic heterocycles. The first-order valence-corrected chi connectivity index (χ1v) is 8.73. The Bertz CT molecular complexity index is 949. The van der Waals surface area contributed by atoms with Crippen molar-refractivity contribution >= 4 is 5.91 Å². The van der Waals surface area contributed by atoms with Gasteiger partial charge in [-0.3, -0.25) is 9.89 Å². The summed E-state index contributed by atoms with van der Waals surface area (Å²) in [4.78, 5) is 16.5. The molecular formula is C20H19F3N4O. The average molecular weight is 388 g/mol. The Kier molecular flexibility index (Phi) is 5.77. The number of aromatic amines is 1. The molecule has 0 aliphatic rings. The normalized spacial score (nSPS) is 11.4. The van der Waals surface area contributed by atoms with Gasteiger partial charge in [-0.15, -0.1) is 0 Å². The van der Waals surface area contributed by atoms with Gasteiger partial charge in [0.1, 0.15) is 5.82 Å². The molecule has 1 heterocycles. The molecule has 8 heteroatoms. The van der Waals surface area contributed by atoms with E-state index >= 15 is 0 Å². The minimum atomic E-state index is -4.58. The Morgan fingerprint density at radius 3 is 2.54 bits per heavy atom. The molecule has 0 bridgehead atoms. The van der Waals surface area contributed by atoms with E-state index in [9.17, 15) is 18.0 Å². The van der Waals surface area contributed by atoms with E-state index in [-0.39, 0.29) is 6.54 Å². The minimum Gasteiger partial charge on any atom is -0.352 e. The third kappa shape index (κ3) is 4.97. The Balaban J connectivity index is 1.55. The molecule has 146 valence electrons. The zero-order valence-electron chi connectivity index (χ0n) is 15.2. The number of benzene rings is 2. The van der Waals surface area contributed by atoms with Crippen molar-refractivity contribution < 1.29 is 18.0 Å². The number of nitrogens with zero attached hydrogens (tertiary/aromatic N) is 2. The number of rotatable bonds is 6. The molecule has 3 rings (SSSR count). The summed E-state index contributed by atoms with van der Waals surface area (Å²) in [7, 11) is 0. The number of amides is 1. The summed E-state index contributed by atoms with van der Waals surface area (Å²) in [5.74, 6) is 0.405. The van der Waals surface area contributed by atoms with Crippen LogP contribution in [-0.2, 0) is 19.0 Å². The van der Waals surface area contributed by atoms with E-state index in [0.29, 0.717) is 24.5 Å². The molecule has 5 nitrogen and oxygen atoms in total. The molecule has 3 aromatic rings. The first-order chi connectivity index (χ1) is 13.3. The van der Waals surface area contributed by atoms with Gasteiger partial charge in [-0.2, -0.15) is 18.3 Å². The van der Waals surface area contributed by atoms with Crippen LogP contribution in [0.2, 0.25) is 0 Å². The predicted octanol–water partition coefficient (Wildman–Crippen LogP) is 3.70. The SMILES string of the molecule is Cc1ccc(Cc2nc(CCNC(=O)c3ccccc3C(F)(F)F)n[nH]2)cc1. The summed E-state index contributed by atoms with van der Waals surface area (Å²) in [5, 5.41) is 9.43. The summed E-state index contributed by atoms with van der Waals surface area (Å²) in [6, 6.07) is 12.7. The predicted molar refractivity (Wildman–Crippen MR) is 97.8 cm³/mol. The van der Waals surface area contributed by atoms with Crippen LogP contribution in [-0.4, -0.2) is 27.6 Å². The van der Waals surface area contributed by atoms with Crippen LogP contribution in [0.3, 0.4) is 0 Å². The number of H-pyrrole nitrogens is 1. The molecular weight excluding hydrogens is 369 g/mol. The van der Waals surface area contributed by atoms with Crippen molar-refractivity contribution in [3.05, 3.63) is 82.4 Å². The number of halogens is 3. The topological polar surface area (TPSA) is 70.7 Å². The number of carbonyl (C=O) groups excluding carboxylic acids is 1. The lowest BCUT2D eigenvalue weighted by molar-refractivity contribution is -0.137. The number of carbonyl (C=O) groups is 1. The molecule has 0 aliphatic carbocycles. The fourth-order valence-electron chi connectivity index (χ4n) is 2.74. The van der Waals surface area contributed by atoms with E-state index in [1.54, 1.807) is 0 Å². The molecule has 0 radical (unpaired) electrons. The van der Waals surface area contributed by atoms with Gasteiger partial charge in [-0.25, -0.2) is 4.98 Å². The van der Waals surface area contributed by atoms with Gasteiger partial charge in [0, 0.05) is 19.4 Å². The number of hydrogen-bond acceptors (Lipinski definition) is 3. The lowest BCUT2D eigenvalue weighted by atomic mass is 10.1. The highest BCUT2D eigenvalue weighted by Crippen LogP contribution is 2.31.